The standard InChI is InChI=1S/C13H18N4O2.C11H14ClN/c1-9-6-10(19)12-11(9)13(15-7-14-12)17-4-2-16(8-18)3-5-17;12-11-3-1-9(2-4-11)10-5-7-13-8-6-10/h7-10,19H,2-6H2,1H3;1-4,10,13H,5-8H2/t9-,10-;/m1./s1. The highest BCUT2D eigenvalue weighted by atomic mass is 35.5. The fraction of sp³-hybridized carbons (Fsp3) is 0.542. The largest absolute Gasteiger partial charge is 0.387 e. The summed E-state index contributed by atoms with van der Waals surface area (Å²) in [5.74, 6) is 1.95. The van der Waals surface area contributed by atoms with E-state index in [2.05, 4.69) is 39.2 Å². The molecular formula is C24H32ClN5O2. The molecule has 1 aromatic carbocycles. The van der Waals surface area contributed by atoms with Crippen LogP contribution in [0.15, 0.2) is 30.6 Å². The minimum Gasteiger partial charge on any atom is -0.387 e. The monoisotopic (exact) mass is 457 g/mol. The van der Waals surface area contributed by atoms with Crippen LogP contribution in [0.5, 0.6) is 0 Å². The third-order valence-corrected chi connectivity index (χ3v) is 6.97. The van der Waals surface area contributed by atoms with Gasteiger partial charge in [0, 0.05) is 36.8 Å². The molecule has 3 heterocycles. The highest BCUT2D eigenvalue weighted by molar-refractivity contribution is 6.30. The van der Waals surface area contributed by atoms with Crippen LogP contribution in [0.25, 0.3) is 0 Å². The van der Waals surface area contributed by atoms with Gasteiger partial charge in [-0.1, -0.05) is 30.7 Å². The van der Waals surface area contributed by atoms with Crippen molar-refractivity contribution in [3.63, 3.8) is 0 Å². The fourth-order valence-corrected chi connectivity index (χ4v) is 5.01. The number of fused-ring (bicyclic) bond motifs is 1. The molecule has 2 saturated heterocycles. The Kier molecular flexibility index (Phi) is 7.60. The zero-order valence-electron chi connectivity index (χ0n) is 18.6. The summed E-state index contributed by atoms with van der Waals surface area (Å²) in [5, 5.41) is 14.2. The van der Waals surface area contributed by atoms with Crippen molar-refractivity contribution in [2.75, 3.05) is 44.2 Å². The van der Waals surface area contributed by atoms with E-state index in [0.717, 1.165) is 80.1 Å². The van der Waals surface area contributed by atoms with E-state index in [1.165, 1.54) is 24.7 Å². The molecule has 2 aromatic rings. The van der Waals surface area contributed by atoms with Gasteiger partial charge in [0.2, 0.25) is 6.41 Å². The smallest absolute Gasteiger partial charge is 0.209 e. The molecule has 2 fully saturated rings. The number of amides is 1. The van der Waals surface area contributed by atoms with E-state index in [1.807, 2.05) is 12.1 Å². The lowest BCUT2D eigenvalue weighted by Crippen LogP contribution is -2.46. The Labute approximate surface area is 194 Å². The number of anilines is 1. The van der Waals surface area contributed by atoms with Crippen LogP contribution in [0.4, 0.5) is 5.82 Å². The van der Waals surface area contributed by atoms with Crippen molar-refractivity contribution in [2.45, 2.75) is 44.1 Å². The Hall–Kier alpha value is -2.22. The highest BCUT2D eigenvalue weighted by Crippen LogP contribution is 2.42. The first-order chi connectivity index (χ1) is 15.6. The topological polar surface area (TPSA) is 81.6 Å². The summed E-state index contributed by atoms with van der Waals surface area (Å²) >= 11 is 5.84. The first kappa shape index (κ1) is 23.0. The quantitative estimate of drug-likeness (QED) is 0.689. The van der Waals surface area contributed by atoms with Crippen molar-refractivity contribution in [1.82, 2.24) is 20.2 Å². The molecule has 8 heteroatoms. The van der Waals surface area contributed by atoms with Crippen LogP contribution in [-0.4, -0.2) is 65.7 Å². The van der Waals surface area contributed by atoms with Crippen molar-refractivity contribution in [2.24, 2.45) is 0 Å². The molecule has 0 unspecified atom stereocenters. The number of carbonyl (C=O) groups is 1. The zero-order chi connectivity index (χ0) is 22.5. The number of nitrogens with one attached hydrogen (secondary N) is 1. The summed E-state index contributed by atoms with van der Waals surface area (Å²) in [6.45, 7) is 7.40. The Morgan fingerprint density at radius 2 is 1.78 bits per heavy atom. The number of rotatable bonds is 3. The second-order valence-electron chi connectivity index (χ2n) is 8.85. The van der Waals surface area contributed by atoms with E-state index in [4.69, 9.17) is 11.6 Å². The van der Waals surface area contributed by atoms with Crippen LogP contribution >= 0.6 is 11.6 Å². The Bertz CT molecular complexity index is 896. The molecule has 1 aromatic heterocycles. The molecule has 32 heavy (non-hydrogen) atoms. The molecule has 172 valence electrons. The Balaban J connectivity index is 0.000000165. The van der Waals surface area contributed by atoms with E-state index in [-0.39, 0.29) is 5.92 Å². The lowest BCUT2D eigenvalue weighted by molar-refractivity contribution is -0.118. The summed E-state index contributed by atoms with van der Waals surface area (Å²) < 4.78 is 0. The van der Waals surface area contributed by atoms with Crippen molar-refractivity contribution < 1.29 is 9.90 Å². The van der Waals surface area contributed by atoms with Crippen molar-refractivity contribution >= 4 is 23.8 Å². The van der Waals surface area contributed by atoms with Gasteiger partial charge in [0.15, 0.2) is 0 Å². The number of piperidine rings is 1. The van der Waals surface area contributed by atoms with E-state index in [9.17, 15) is 9.90 Å². The first-order valence-corrected chi connectivity index (χ1v) is 11.9. The summed E-state index contributed by atoms with van der Waals surface area (Å²) in [4.78, 5) is 23.3. The van der Waals surface area contributed by atoms with Crippen molar-refractivity contribution in [1.29, 1.82) is 0 Å². The summed E-state index contributed by atoms with van der Waals surface area (Å²) in [6.07, 6.45) is 5.18. The summed E-state index contributed by atoms with van der Waals surface area (Å²) in [7, 11) is 0. The predicted octanol–water partition coefficient (Wildman–Crippen LogP) is 3.10. The number of hydrogen-bond donors (Lipinski definition) is 2. The molecule has 0 saturated carbocycles. The number of nitrogens with zero attached hydrogens (tertiary/aromatic N) is 4. The maximum absolute atomic E-state index is 10.7. The normalized spacial score (nSPS) is 23.3. The average Bonchev–Trinajstić information content (AvgIpc) is 3.14. The number of piperazine rings is 1. The fourth-order valence-electron chi connectivity index (χ4n) is 4.88. The van der Waals surface area contributed by atoms with E-state index in [0.29, 0.717) is 0 Å². The van der Waals surface area contributed by atoms with Gasteiger partial charge in [0.25, 0.3) is 0 Å². The van der Waals surface area contributed by atoms with Gasteiger partial charge in [-0.2, -0.15) is 0 Å². The van der Waals surface area contributed by atoms with E-state index >= 15 is 0 Å². The van der Waals surface area contributed by atoms with Gasteiger partial charge in [0.05, 0.1) is 11.8 Å². The maximum Gasteiger partial charge on any atom is 0.209 e. The number of hydrogen-bond acceptors (Lipinski definition) is 6. The van der Waals surface area contributed by atoms with Gasteiger partial charge in [-0.05, 0) is 61.9 Å². The predicted molar refractivity (Wildman–Crippen MR) is 126 cm³/mol. The molecule has 2 aliphatic heterocycles. The van der Waals surface area contributed by atoms with Crippen molar-refractivity contribution in [3.8, 4) is 0 Å². The number of aliphatic hydroxyl groups excluding tert-OH is 1. The third kappa shape index (κ3) is 5.22. The minimum absolute atomic E-state index is 0.283. The molecule has 2 N–H and O–H groups in total. The molecule has 0 bridgehead atoms. The Morgan fingerprint density at radius 3 is 2.44 bits per heavy atom. The molecule has 1 aliphatic carbocycles. The lowest BCUT2D eigenvalue weighted by Gasteiger charge is -2.34. The zero-order valence-corrected chi connectivity index (χ0v) is 19.3. The molecule has 0 spiro atoms. The number of carbonyl (C=O) groups excluding carboxylic acids is 1. The maximum atomic E-state index is 10.7. The van der Waals surface area contributed by atoms with Crippen molar-refractivity contribution in [3.05, 3.63) is 52.4 Å². The number of aromatic nitrogens is 2. The van der Waals surface area contributed by atoms with Crippen LogP contribution in [-0.2, 0) is 4.79 Å². The van der Waals surface area contributed by atoms with Gasteiger partial charge in [-0.3, -0.25) is 4.79 Å². The average molecular weight is 458 g/mol. The highest BCUT2D eigenvalue weighted by Gasteiger charge is 2.33. The molecular weight excluding hydrogens is 426 g/mol. The number of aliphatic hydroxyl groups is 1. The Morgan fingerprint density at radius 1 is 1.09 bits per heavy atom. The van der Waals surface area contributed by atoms with E-state index < -0.39 is 6.10 Å². The molecule has 1 amide bonds. The SMILES string of the molecule is C[C@@H]1C[C@@H](O)c2ncnc(N3CCN(C=O)CC3)c21.Clc1ccc(C2CCNCC2)cc1. The summed E-state index contributed by atoms with van der Waals surface area (Å²) in [5.41, 5.74) is 3.29. The number of halogens is 1. The van der Waals surface area contributed by atoms with Gasteiger partial charge in [-0.25, -0.2) is 9.97 Å². The van der Waals surface area contributed by atoms with Crippen LogP contribution in [0.3, 0.4) is 0 Å². The summed E-state index contributed by atoms with van der Waals surface area (Å²) in [6, 6.07) is 8.27. The van der Waals surface area contributed by atoms with Crippen LogP contribution in [0.1, 0.15) is 60.9 Å². The van der Waals surface area contributed by atoms with Gasteiger partial charge in [-0.15, -0.1) is 0 Å². The molecule has 0 radical (unpaired) electrons. The van der Waals surface area contributed by atoms with E-state index in [1.54, 1.807) is 4.90 Å². The number of benzene rings is 1. The molecule has 5 rings (SSSR count). The van der Waals surface area contributed by atoms with Crippen LogP contribution < -0.4 is 10.2 Å². The first-order valence-electron chi connectivity index (χ1n) is 11.5. The molecule has 7 nitrogen and oxygen atoms in total. The minimum atomic E-state index is -0.469. The van der Waals surface area contributed by atoms with Gasteiger partial charge >= 0.3 is 0 Å². The second kappa shape index (κ2) is 10.6. The lowest BCUT2D eigenvalue weighted by atomic mass is 9.90. The second-order valence-corrected chi connectivity index (χ2v) is 9.29. The van der Waals surface area contributed by atoms with Gasteiger partial charge < -0.3 is 20.2 Å². The van der Waals surface area contributed by atoms with Gasteiger partial charge in [0.1, 0.15) is 12.1 Å². The molecule has 3 aliphatic rings. The third-order valence-electron chi connectivity index (χ3n) is 6.72. The molecule has 2 atom stereocenters. The van der Waals surface area contributed by atoms with Crippen LogP contribution in [0.2, 0.25) is 5.02 Å². The van der Waals surface area contributed by atoms with Crippen LogP contribution in [0, 0.1) is 0 Å².